The summed E-state index contributed by atoms with van der Waals surface area (Å²) in [6.45, 7) is 11.9. The summed E-state index contributed by atoms with van der Waals surface area (Å²) < 4.78 is 8.79. The molecule has 3 atom stereocenters. The summed E-state index contributed by atoms with van der Waals surface area (Å²) in [5, 5.41) is 13.9. The van der Waals surface area contributed by atoms with Crippen LogP contribution in [0, 0.1) is 11.3 Å². The van der Waals surface area contributed by atoms with Gasteiger partial charge in [0.2, 0.25) is 0 Å². The Morgan fingerprint density at radius 3 is 2.44 bits per heavy atom. The lowest BCUT2D eigenvalue weighted by molar-refractivity contribution is 0.0388. The minimum Gasteiger partial charge on any atom is -0.381 e. The molecule has 5 rings (SSSR count). The fourth-order valence-corrected chi connectivity index (χ4v) is 6.72. The molecule has 0 aliphatic carbocycles. The number of piperidine rings is 1. The smallest absolute Gasteiger partial charge is 0.252 e. The van der Waals surface area contributed by atoms with Gasteiger partial charge in [-0.1, -0.05) is 38.1 Å². The largest absolute Gasteiger partial charge is 0.381 e. The molecule has 1 aromatic carbocycles. The van der Waals surface area contributed by atoms with E-state index in [9.17, 15) is 10.1 Å². The third kappa shape index (κ3) is 6.06. The van der Waals surface area contributed by atoms with Gasteiger partial charge in [0.15, 0.2) is 0 Å². The van der Waals surface area contributed by atoms with E-state index in [0.717, 1.165) is 75.1 Å². The average Bonchev–Trinajstić information content (AvgIpc) is 3.43. The molecule has 0 spiro atoms. The Labute approximate surface area is 243 Å². The molecule has 2 aliphatic rings. The van der Waals surface area contributed by atoms with Crippen LogP contribution in [0.25, 0.3) is 11.0 Å². The minimum atomic E-state index is -0.0501. The molecular weight excluding hydrogens is 514 g/mol. The maximum atomic E-state index is 13.0. The zero-order valence-corrected chi connectivity index (χ0v) is 25.3. The number of pyridine rings is 1. The van der Waals surface area contributed by atoms with E-state index < -0.39 is 0 Å². The van der Waals surface area contributed by atoms with Gasteiger partial charge >= 0.3 is 0 Å². The number of hydrogen-bond acceptors (Lipinski definition) is 7. The highest BCUT2D eigenvalue weighted by Gasteiger charge is 2.36. The molecule has 220 valence electrons. The van der Waals surface area contributed by atoms with Crippen molar-refractivity contribution in [3.8, 4) is 6.07 Å². The molecule has 2 saturated heterocycles. The van der Waals surface area contributed by atoms with Gasteiger partial charge in [0.1, 0.15) is 12.1 Å². The predicted octanol–water partition coefficient (Wildman–Crippen LogP) is 4.31. The fraction of sp³-hybridized carbons (Fsp3) is 0.594. The second-order valence-corrected chi connectivity index (χ2v) is 11.7. The quantitative estimate of drug-likeness (QED) is 0.386. The Hall–Kier alpha value is -3.19. The highest BCUT2D eigenvalue weighted by atomic mass is 16.5. The number of aryl methyl sites for hydroxylation is 1. The maximum Gasteiger partial charge on any atom is 0.252 e. The molecule has 1 unspecified atom stereocenters. The van der Waals surface area contributed by atoms with E-state index in [0.29, 0.717) is 18.2 Å². The summed E-state index contributed by atoms with van der Waals surface area (Å²) in [6.07, 6.45) is 6.43. The normalized spacial score (nSPS) is 21.8. The summed E-state index contributed by atoms with van der Waals surface area (Å²) in [7, 11) is 3.59. The molecule has 2 fully saturated rings. The number of piperazine rings is 1. The number of methoxy groups -OCH3 is 1. The first-order valence-electron chi connectivity index (χ1n) is 15.2. The lowest BCUT2D eigenvalue weighted by Gasteiger charge is -2.49. The SMILES string of the molecule is CC[C@H]1CN(C(C)c2ccc(CN3CCC(OC)CC3)cc2)[C@H](CC)CN1c1cc(=O)n(C)c2cn(CC#N)nc12. The summed E-state index contributed by atoms with van der Waals surface area (Å²) in [4.78, 5) is 20.6. The number of rotatable bonds is 9. The molecule has 2 aliphatic heterocycles. The van der Waals surface area contributed by atoms with Crippen molar-refractivity contribution in [3.63, 3.8) is 0 Å². The highest BCUT2D eigenvalue weighted by molar-refractivity contribution is 5.88. The van der Waals surface area contributed by atoms with Crippen LogP contribution in [0.2, 0.25) is 0 Å². The van der Waals surface area contributed by atoms with Gasteiger partial charge in [-0.2, -0.15) is 10.4 Å². The monoisotopic (exact) mass is 559 g/mol. The third-order valence-electron chi connectivity index (χ3n) is 9.39. The zero-order valence-electron chi connectivity index (χ0n) is 25.3. The zero-order chi connectivity index (χ0) is 29.1. The number of likely N-dealkylation sites (tertiary alicyclic amines) is 1. The Balaban J connectivity index is 1.34. The van der Waals surface area contributed by atoms with Crippen LogP contribution in [0.15, 0.2) is 41.3 Å². The van der Waals surface area contributed by atoms with Crippen LogP contribution >= 0.6 is 0 Å². The van der Waals surface area contributed by atoms with Crippen LogP contribution in [0.1, 0.15) is 63.6 Å². The standard InChI is InChI=1S/C32H45N7O2/c1-6-26-21-39(29-18-31(40)35(4)30-22-37(17-14-33)34-32(29)30)27(7-2)20-38(26)23(3)25-10-8-24(9-11-25)19-36-15-12-28(41-5)13-16-36/h8-11,18,22-23,26-28H,6-7,12-13,15-17,19-21H2,1-5H3/t23?,26-,27+/m1/s1. The van der Waals surface area contributed by atoms with E-state index in [1.54, 1.807) is 22.4 Å². The van der Waals surface area contributed by atoms with Crippen LogP contribution < -0.4 is 10.5 Å². The molecule has 9 nitrogen and oxygen atoms in total. The Kier molecular flexibility index (Phi) is 9.12. The van der Waals surface area contributed by atoms with E-state index in [1.165, 1.54) is 11.1 Å². The van der Waals surface area contributed by atoms with Crippen molar-refractivity contribution >= 4 is 16.7 Å². The number of aromatic nitrogens is 3. The predicted molar refractivity (Wildman–Crippen MR) is 163 cm³/mol. The summed E-state index contributed by atoms with van der Waals surface area (Å²) in [5.74, 6) is 0. The average molecular weight is 560 g/mol. The number of anilines is 1. The van der Waals surface area contributed by atoms with Gasteiger partial charge in [0, 0.05) is 71.1 Å². The number of nitriles is 1. The van der Waals surface area contributed by atoms with Crippen LogP contribution in [0.5, 0.6) is 0 Å². The number of nitrogens with zero attached hydrogens (tertiary/aromatic N) is 7. The molecule has 0 saturated carbocycles. The van der Waals surface area contributed by atoms with Crippen molar-refractivity contribution in [1.82, 2.24) is 24.1 Å². The minimum absolute atomic E-state index is 0.0501. The van der Waals surface area contributed by atoms with E-state index in [2.05, 4.69) is 65.8 Å². The number of benzene rings is 1. The van der Waals surface area contributed by atoms with Gasteiger partial charge < -0.3 is 14.2 Å². The summed E-state index contributed by atoms with van der Waals surface area (Å²) in [5.41, 5.74) is 5.11. The molecule has 0 radical (unpaired) electrons. The molecule has 41 heavy (non-hydrogen) atoms. The van der Waals surface area contributed by atoms with Crippen molar-refractivity contribution < 1.29 is 4.74 Å². The van der Waals surface area contributed by atoms with Gasteiger partial charge in [-0.3, -0.25) is 19.3 Å². The van der Waals surface area contributed by atoms with Gasteiger partial charge in [-0.15, -0.1) is 0 Å². The summed E-state index contributed by atoms with van der Waals surface area (Å²) >= 11 is 0. The van der Waals surface area contributed by atoms with Crippen molar-refractivity contribution in [2.75, 3.05) is 38.2 Å². The highest BCUT2D eigenvalue weighted by Crippen LogP contribution is 2.34. The summed E-state index contributed by atoms with van der Waals surface area (Å²) in [6, 6.07) is 14.0. The first-order valence-corrected chi connectivity index (χ1v) is 15.2. The van der Waals surface area contributed by atoms with Crippen molar-refractivity contribution in [3.05, 3.63) is 58.0 Å². The van der Waals surface area contributed by atoms with Crippen molar-refractivity contribution in [2.45, 2.75) is 83.8 Å². The lowest BCUT2D eigenvalue weighted by Crippen LogP contribution is -2.58. The number of ether oxygens (including phenoxy) is 1. The first-order chi connectivity index (χ1) is 19.9. The second kappa shape index (κ2) is 12.8. The molecular formula is C32H45N7O2. The molecule has 0 amide bonds. The van der Waals surface area contributed by atoms with E-state index in [1.807, 2.05) is 13.3 Å². The van der Waals surface area contributed by atoms with E-state index >= 15 is 0 Å². The van der Waals surface area contributed by atoms with Crippen LogP contribution in [0.3, 0.4) is 0 Å². The van der Waals surface area contributed by atoms with E-state index in [-0.39, 0.29) is 18.1 Å². The van der Waals surface area contributed by atoms with Gasteiger partial charge in [0.25, 0.3) is 5.56 Å². The van der Waals surface area contributed by atoms with Gasteiger partial charge in [-0.25, -0.2) is 0 Å². The third-order valence-corrected chi connectivity index (χ3v) is 9.39. The Morgan fingerprint density at radius 1 is 1.10 bits per heavy atom. The number of fused-ring (bicyclic) bond motifs is 1. The van der Waals surface area contributed by atoms with Crippen LogP contribution in [-0.2, 0) is 24.9 Å². The Bertz CT molecular complexity index is 1410. The fourth-order valence-electron chi connectivity index (χ4n) is 6.72. The molecule has 9 heteroatoms. The van der Waals surface area contributed by atoms with Crippen LogP contribution in [0.4, 0.5) is 5.69 Å². The maximum absolute atomic E-state index is 13.0. The second-order valence-electron chi connectivity index (χ2n) is 11.7. The molecule has 0 N–H and O–H groups in total. The molecule has 3 aromatic rings. The van der Waals surface area contributed by atoms with Crippen LogP contribution in [-0.4, -0.2) is 75.6 Å². The molecule has 0 bridgehead atoms. The topological polar surface area (TPSA) is 82.6 Å². The lowest BCUT2D eigenvalue weighted by atomic mass is 9.96. The van der Waals surface area contributed by atoms with E-state index in [4.69, 9.17) is 9.84 Å². The van der Waals surface area contributed by atoms with Crippen molar-refractivity contribution in [2.24, 2.45) is 7.05 Å². The molecule has 4 heterocycles. The van der Waals surface area contributed by atoms with Gasteiger partial charge in [-0.05, 0) is 43.7 Å². The van der Waals surface area contributed by atoms with Crippen molar-refractivity contribution in [1.29, 1.82) is 5.26 Å². The molecule has 2 aromatic heterocycles. The first kappa shape index (κ1) is 29.3. The Morgan fingerprint density at radius 2 is 1.80 bits per heavy atom. The van der Waals surface area contributed by atoms with Gasteiger partial charge in [0.05, 0.1) is 29.6 Å². The number of hydrogen-bond donors (Lipinski definition) is 0.